The molecule has 1 aromatic carbocycles. The third-order valence-corrected chi connectivity index (χ3v) is 7.19. The molecule has 2 aliphatic rings. The van der Waals surface area contributed by atoms with E-state index in [0.717, 1.165) is 35.0 Å². The molecule has 0 unspecified atom stereocenters. The highest BCUT2D eigenvalue weighted by Crippen LogP contribution is 2.40. The Morgan fingerprint density at radius 3 is 2.57 bits per heavy atom. The lowest BCUT2D eigenvalue weighted by atomic mass is 9.94. The Hall–Kier alpha value is -1.77. The Kier molecular flexibility index (Phi) is 6.69. The fourth-order valence-electron chi connectivity index (χ4n) is 3.72. The van der Waals surface area contributed by atoms with E-state index in [1.165, 1.54) is 4.90 Å². The first kappa shape index (κ1) is 22.9. The number of nitrogens with two attached hydrogens (primary N) is 1. The van der Waals surface area contributed by atoms with Crippen LogP contribution in [0.4, 0.5) is 10.5 Å². The molecule has 7 nitrogen and oxygen atoms in total. The van der Waals surface area contributed by atoms with Gasteiger partial charge < -0.3 is 29.6 Å². The zero-order valence-electron chi connectivity index (χ0n) is 19.1. The minimum atomic E-state index is -1.22. The number of benzene rings is 1. The molecule has 1 amide bonds. The van der Waals surface area contributed by atoms with E-state index < -0.39 is 14.4 Å². The number of ether oxygens (including phenoxy) is 4. The van der Waals surface area contributed by atoms with Crippen LogP contribution in [0.3, 0.4) is 0 Å². The molecule has 0 aromatic heterocycles. The molecule has 0 spiro atoms. The minimum Gasteiger partial charge on any atom is -0.487 e. The number of fused-ring (bicyclic) bond motifs is 1. The zero-order chi connectivity index (χ0) is 22.1. The summed E-state index contributed by atoms with van der Waals surface area (Å²) in [5, 5.41) is 0. The topological polar surface area (TPSA) is 83.3 Å². The first-order valence-corrected chi connectivity index (χ1v) is 14.4. The van der Waals surface area contributed by atoms with Gasteiger partial charge in [-0.2, -0.15) is 0 Å². The summed E-state index contributed by atoms with van der Waals surface area (Å²) < 4.78 is 23.2. The van der Waals surface area contributed by atoms with E-state index in [9.17, 15) is 4.79 Å². The maximum Gasteiger partial charge on any atom is 0.409 e. The van der Waals surface area contributed by atoms with Gasteiger partial charge in [0.25, 0.3) is 0 Å². The van der Waals surface area contributed by atoms with Crippen LogP contribution in [0.15, 0.2) is 12.1 Å². The molecule has 168 valence electrons. The van der Waals surface area contributed by atoms with E-state index in [1.54, 1.807) is 7.05 Å². The molecule has 0 bridgehead atoms. The molecule has 3 rings (SSSR count). The number of anilines is 1. The Morgan fingerprint density at radius 1 is 1.27 bits per heavy atom. The third-order valence-electron chi connectivity index (χ3n) is 5.49. The van der Waals surface area contributed by atoms with Crippen molar-refractivity contribution in [2.75, 3.05) is 39.1 Å². The van der Waals surface area contributed by atoms with Crippen molar-refractivity contribution in [3.8, 4) is 5.75 Å². The van der Waals surface area contributed by atoms with Crippen molar-refractivity contribution in [3.63, 3.8) is 0 Å². The highest BCUT2D eigenvalue weighted by molar-refractivity contribution is 6.76. The van der Waals surface area contributed by atoms with E-state index in [1.807, 2.05) is 12.1 Å². The molecular formula is C22H36N2O5Si. The van der Waals surface area contributed by atoms with Gasteiger partial charge in [-0.25, -0.2) is 4.79 Å². The van der Waals surface area contributed by atoms with Gasteiger partial charge in [-0.05, 0) is 37.6 Å². The van der Waals surface area contributed by atoms with Crippen molar-refractivity contribution in [1.29, 1.82) is 0 Å². The van der Waals surface area contributed by atoms with Crippen molar-refractivity contribution in [2.45, 2.75) is 63.8 Å². The molecule has 0 atom stereocenters. The number of rotatable bonds is 6. The Morgan fingerprint density at radius 2 is 1.93 bits per heavy atom. The zero-order valence-corrected chi connectivity index (χ0v) is 20.1. The SMILES string of the molecule is CN(C[C@H]1OC[C@H](c2cc3c(cc2N)CC(C)(C)O3)CO1)C(=O)OCC[Si](C)(C)C. The van der Waals surface area contributed by atoms with Crippen LogP contribution in [-0.4, -0.2) is 64.4 Å². The number of carbonyl (C=O) groups excluding carboxylic acids is 1. The summed E-state index contributed by atoms with van der Waals surface area (Å²) in [6, 6.07) is 4.99. The number of carbonyl (C=O) groups is 1. The number of hydrogen-bond acceptors (Lipinski definition) is 6. The summed E-state index contributed by atoms with van der Waals surface area (Å²) >= 11 is 0. The molecular weight excluding hydrogens is 400 g/mol. The van der Waals surface area contributed by atoms with Gasteiger partial charge in [0.15, 0.2) is 6.29 Å². The first-order valence-electron chi connectivity index (χ1n) is 10.7. The molecule has 1 saturated heterocycles. The summed E-state index contributed by atoms with van der Waals surface area (Å²) in [5.74, 6) is 0.931. The predicted molar refractivity (Wildman–Crippen MR) is 120 cm³/mol. The summed E-state index contributed by atoms with van der Waals surface area (Å²) in [4.78, 5) is 13.7. The average molecular weight is 437 g/mol. The largest absolute Gasteiger partial charge is 0.487 e. The second kappa shape index (κ2) is 8.76. The fraction of sp³-hybridized carbons (Fsp3) is 0.682. The highest BCUT2D eigenvalue weighted by atomic mass is 28.3. The highest BCUT2D eigenvalue weighted by Gasteiger charge is 2.33. The van der Waals surface area contributed by atoms with E-state index in [4.69, 9.17) is 24.7 Å². The van der Waals surface area contributed by atoms with Gasteiger partial charge in [0, 0.05) is 38.7 Å². The lowest BCUT2D eigenvalue weighted by molar-refractivity contribution is -0.191. The summed E-state index contributed by atoms with van der Waals surface area (Å²) in [5.41, 5.74) is 8.99. The van der Waals surface area contributed by atoms with Crippen molar-refractivity contribution in [2.24, 2.45) is 0 Å². The van der Waals surface area contributed by atoms with Crippen molar-refractivity contribution >= 4 is 19.9 Å². The number of hydrogen-bond donors (Lipinski definition) is 1. The smallest absolute Gasteiger partial charge is 0.409 e. The van der Waals surface area contributed by atoms with Gasteiger partial charge in [0.05, 0.1) is 26.4 Å². The molecule has 2 N–H and O–H groups in total. The van der Waals surface area contributed by atoms with E-state index in [-0.39, 0.29) is 17.6 Å². The van der Waals surface area contributed by atoms with Gasteiger partial charge >= 0.3 is 6.09 Å². The molecule has 0 aliphatic carbocycles. The molecule has 0 radical (unpaired) electrons. The van der Waals surface area contributed by atoms with E-state index in [0.29, 0.717) is 26.4 Å². The number of likely N-dealkylation sites (N-methyl/N-ethyl adjacent to an activating group) is 1. The van der Waals surface area contributed by atoms with Gasteiger partial charge in [-0.15, -0.1) is 0 Å². The van der Waals surface area contributed by atoms with E-state index >= 15 is 0 Å². The van der Waals surface area contributed by atoms with E-state index in [2.05, 4.69) is 33.5 Å². The standard InChI is InChI=1S/C22H36N2O5Si/c1-22(2)11-15-9-18(23)17(10-19(15)29-22)16-13-27-20(28-14-16)12-24(3)21(25)26-7-8-30(4,5)6/h9-10,16,20H,7-8,11-14,23H2,1-6H3/t16-,20-. The molecule has 1 aromatic rings. The first-order chi connectivity index (χ1) is 13.9. The predicted octanol–water partition coefficient (Wildman–Crippen LogP) is 3.85. The lowest BCUT2D eigenvalue weighted by Crippen LogP contribution is -2.41. The minimum absolute atomic E-state index is 0.0351. The molecule has 2 aliphatic heterocycles. The quantitative estimate of drug-likeness (QED) is 0.539. The molecule has 30 heavy (non-hydrogen) atoms. The van der Waals surface area contributed by atoms with Crippen LogP contribution in [0.25, 0.3) is 0 Å². The third kappa shape index (κ3) is 5.89. The lowest BCUT2D eigenvalue weighted by Gasteiger charge is -2.32. The van der Waals surface area contributed by atoms with Crippen LogP contribution in [0.1, 0.15) is 30.9 Å². The molecule has 2 heterocycles. The Labute approximate surface area is 180 Å². The van der Waals surface area contributed by atoms with Gasteiger partial charge in [0.1, 0.15) is 11.4 Å². The van der Waals surface area contributed by atoms with Crippen LogP contribution < -0.4 is 10.5 Å². The van der Waals surface area contributed by atoms with Crippen LogP contribution >= 0.6 is 0 Å². The van der Waals surface area contributed by atoms with Crippen LogP contribution in [0, 0.1) is 0 Å². The fourth-order valence-corrected chi connectivity index (χ4v) is 4.43. The summed E-state index contributed by atoms with van der Waals surface area (Å²) in [7, 11) is 0.477. The number of amides is 1. The normalized spacial score (nSPS) is 22.9. The van der Waals surface area contributed by atoms with Crippen molar-refractivity contribution in [1.82, 2.24) is 4.90 Å². The second-order valence-corrected chi connectivity index (χ2v) is 15.8. The van der Waals surface area contributed by atoms with Crippen LogP contribution in [-0.2, 0) is 20.6 Å². The van der Waals surface area contributed by atoms with Gasteiger partial charge in [0.2, 0.25) is 0 Å². The molecule has 0 saturated carbocycles. The second-order valence-electron chi connectivity index (χ2n) is 10.2. The maximum atomic E-state index is 12.2. The van der Waals surface area contributed by atoms with Crippen molar-refractivity contribution in [3.05, 3.63) is 23.3 Å². The average Bonchev–Trinajstić information content (AvgIpc) is 2.93. The van der Waals surface area contributed by atoms with Crippen LogP contribution in [0.5, 0.6) is 5.75 Å². The van der Waals surface area contributed by atoms with Crippen LogP contribution in [0.2, 0.25) is 25.7 Å². The number of nitrogens with zero attached hydrogens (tertiary/aromatic N) is 1. The van der Waals surface area contributed by atoms with Gasteiger partial charge in [-0.3, -0.25) is 0 Å². The van der Waals surface area contributed by atoms with Gasteiger partial charge in [-0.1, -0.05) is 19.6 Å². The molecule has 8 heteroatoms. The Bertz CT molecular complexity index is 770. The maximum absolute atomic E-state index is 12.2. The summed E-state index contributed by atoms with van der Waals surface area (Å²) in [6.07, 6.45) is 0.0410. The molecule has 1 fully saturated rings. The van der Waals surface area contributed by atoms with Crippen molar-refractivity contribution < 1.29 is 23.7 Å². The Balaban J connectivity index is 1.49. The summed E-state index contributed by atoms with van der Waals surface area (Å²) in [6.45, 7) is 12.7. The monoisotopic (exact) mass is 436 g/mol. The number of nitrogen functional groups attached to an aromatic ring is 1.